The molecule has 2 rings (SSSR count). The lowest BCUT2D eigenvalue weighted by Gasteiger charge is -2.51. The van der Waals surface area contributed by atoms with E-state index in [1.165, 1.54) is 25.9 Å². The molecule has 0 aromatic heterocycles. The van der Waals surface area contributed by atoms with Crippen molar-refractivity contribution >= 4 is 0 Å². The van der Waals surface area contributed by atoms with E-state index in [4.69, 9.17) is 0 Å². The second kappa shape index (κ2) is 3.48. The quantitative estimate of drug-likeness (QED) is 0.660. The molecule has 0 aromatic rings. The third-order valence-corrected chi connectivity index (χ3v) is 4.84. The standard InChI is InChI=1S/C15H29N/c1-13(2,3)11-9-16-10-15(7-8-15)12(11)14(4,5)6/h11-12,16H,7-10H2,1-6H3. The minimum atomic E-state index is 0.432. The van der Waals surface area contributed by atoms with E-state index >= 15 is 0 Å². The van der Waals surface area contributed by atoms with Crippen LogP contribution in [0.1, 0.15) is 54.4 Å². The fourth-order valence-electron chi connectivity index (χ4n) is 4.11. The Hall–Kier alpha value is -0.0400. The third kappa shape index (κ3) is 2.03. The third-order valence-electron chi connectivity index (χ3n) is 4.84. The first-order chi connectivity index (χ1) is 7.17. The van der Waals surface area contributed by atoms with Gasteiger partial charge in [-0.15, -0.1) is 0 Å². The highest BCUT2D eigenvalue weighted by Crippen LogP contribution is 2.63. The zero-order chi connectivity index (χ0) is 12.2. The molecule has 2 fully saturated rings. The summed E-state index contributed by atoms with van der Waals surface area (Å²) in [5, 5.41) is 3.70. The summed E-state index contributed by atoms with van der Waals surface area (Å²) in [5.74, 6) is 1.71. The van der Waals surface area contributed by atoms with Crippen LogP contribution in [0, 0.1) is 28.1 Å². The number of piperidine rings is 1. The van der Waals surface area contributed by atoms with Crippen LogP contribution in [0.5, 0.6) is 0 Å². The van der Waals surface area contributed by atoms with Crippen molar-refractivity contribution in [2.24, 2.45) is 28.1 Å². The second-order valence-corrected chi connectivity index (χ2v) is 8.31. The summed E-state index contributed by atoms with van der Waals surface area (Å²) < 4.78 is 0. The number of hydrogen-bond donors (Lipinski definition) is 1. The Morgan fingerprint density at radius 2 is 1.50 bits per heavy atom. The van der Waals surface area contributed by atoms with Gasteiger partial charge in [-0.3, -0.25) is 0 Å². The van der Waals surface area contributed by atoms with Crippen molar-refractivity contribution in [1.29, 1.82) is 0 Å². The van der Waals surface area contributed by atoms with Gasteiger partial charge in [0.1, 0.15) is 0 Å². The maximum absolute atomic E-state index is 3.70. The normalized spacial score (nSPS) is 34.1. The lowest BCUT2D eigenvalue weighted by Crippen LogP contribution is -2.53. The van der Waals surface area contributed by atoms with E-state index in [0.717, 1.165) is 11.8 Å². The van der Waals surface area contributed by atoms with Gasteiger partial charge in [0.2, 0.25) is 0 Å². The highest BCUT2D eigenvalue weighted by Gasteiger charge is 2.58. The highest BCUT2D eigenvalue weighted by molar-refractivity contribution is 5.09. The molecule has 1 nitrogen and oxygen atoms in total. The van der Waals surface area contributed by atoms with Crippen LogP contribution in [0.2, 0.25) is 0 Å². The van der Waals surface area contributed by atoms with Crippen molar-refractivity contribution in [1.82, 2.24) is 5.32 Å². The van der Waals surface area contributed by atoms with E-state index in [9.17, 15) is 0 Å². The Bertz CT molecular complexity index is 262. The Morgan fingerprint density at radius 3 is 1.88 bits per heavy atom. The van der Waals surface area contributed by atoms with Crippen molar-refractivity contribution in [3.05, 3.63) is 0 Å². The van der Waals surface area contributed by atoms with Crippen molar-refractivity contribution < 1.29 is 0 Å². The van der Waals surface area contributed by atoms with Gasteiger partial charge in [0.25, 0.3) is 0 Å². The van der Waals surface area contributed by atoms with Gasteiger partial charge in [-0.05, 0) is 47.5 Å². The predicted molar refractivity (Wildman–Crippen MR) is 70.4 cm³/mol. The molecule has 94 valence electrons. The fourth-order valence-corrected chi connectivity index (χ4v) is 4.11. The fraction of sp³-hybridized carbons (Fsp3) is 1.00. The van der Waals surface area contributed by atoms with Crippen LogP contribution in [0.15, 0.2) is 0 Å². The van der Waals surface area contributed by atoms with E-state index in [1.807, 2.05) is 0 Å². The minimum Gasteiger partial charge on any atom is -0.316 e. The van der Waals surface area contributed by atoms with Crippen LogP contribution < -0.4 is 5.32 Å². The van der Waals surface area contributed by atoms with Crippen LogP contribution in [0.25, 0.3) is 0 Å². The van der Waals surface area contributed by atoms with Gasteiger partial charge < -0.3 is 5.32 Å². The van der Waals surface area contributed by atoms with Crippen molar-refractivity contribution in [3.63, 3.8) is 0 Å². The average Bonchev–Trinajstić information content (AvgIpc) is 2.81. The molecular formula is C15H29N. The van der Waals surface area contributed by atoms with Gasteiger partial charge in [-0.2, -0.15) is 0 Å². The zero-order valence-corrected chi connectivity index (χ0v) is 12.0. The maximum atomic E-state index is 3.70. The van der Waals surface area contributed by atoms with E-state index in [0.29, 0.717) is 16.2 Å². The van der Waals surface area contributed by atoms with Crippen LogP contribution in [0.4, 0.5) is 0 Å². The largest absolute Gasteiger partial charge is 0.316 e. The molecule has 0 amide bonds. The van der Waals surface area contributed by atoms with Crippen LogP contribution in [-0.2, 0) is 0 Å². The molecule has 1 heterocycles. The lowest BCUT2D eigenvalue weighted by molar-refractivity contribution is -0.0116. The second-order valence-electron chi connectivity index (χ2n) is 8.31. The van der Waals surface area contributed by atoms with Crippen LogP contribution in [0.3, 0.4) is 0 Å². The van der Waals surface area contributed by atoms with Gasteiger partial charge in [0, 0.05) is 6.54 Å². The summed E-state index contributed by atoms with van der Waals surface area (Å²) in [6.45, 7) is 17.1. The smallest absolute Gasteiger partial charge is 0.00109 e. The molecule has 2 aliphatic rings. The van der Waals surface area contributed by atoms with Crippen LogP contribution >= 0.6 is 0 Å². The summed E-state index contributed by atoms with van der Waals surface area (Å²) in [6.07, 6.45) is 2.91. The van der Waals surface area contributed by atoms with E-state index in [1.54, 1.807) is 0 Å². The number of rotatable bonds is 0. The van der Waals surface area contributed by atoms with E-state index in [-0.39, 0.29) is 0 Å². The molecule has 1 saturated carbocycles. The first-order valence-electron chi connectivity index (χ1n) is 6.88. The molecule has 1 aliphatic carbocycles. The van der Waals surface area contributed by atoms with Gasteiger partial charge in [-0.1, -0.05) is 41.5 Å². The van der Waals surface area contributed by atoms with Gasteiger partial charge in [0.05, 0.1) is 0 Å². The average molecular weight is 223 g/mol. The molecule has 2 unspecified atom stereocenters. The Kier molecular flexibility index (Phi) is 2.70. The molecule has 1 N–H and O–H groups in total. The van der Waals surface area contributed by atoms with Crippen LogP contribution in [-0.4, -0.2) is 13.1 Å². The molecule has 0 aromatic carbocycles. The summed E-state index contributed by atoms with van der Waals surface area (Å²) in [6, 6.07) is 0. The van der Waals surface area contributed by atoms with Crippen molar-refractivity contribution in [2.45, 2.75) is 54.4 Å². The van der Waals surface area contributed by atoms with Gasteiger partial charge in [-0.25, -0.2) is 0 Å². The SMILES string of the molecule is CC(C)(C)C1CNCC2(CC2)C1C(C)(C)C. The number of nitrogens with one attached hydrogen (secondary N) is 1. The summed E-state index contributed by atoms with van der Waals surface area (Å²) in [5.41, 5.74) is 1.53. The van der Waals surface area contributed by atoms with Crippen molar-refractivity contribution in [3.8, 4) is 0 Å². The Morgan fingerprint density at radius 1 is 0.938 bits per heavy atom. The summed E-state index contributed by atoms with van der Waals surface area (Å²) >= 11 is 0. The maximum Gasteiger partial charge on any atom is 0.00109 e. The molecule has 0 bridgehead atoms. The summed E-state index contributed by atoms with van der Waals surface area (Å²) in [7, 11) is 0. The Balaban J connectivity index is 2.30. The van der Waals surface area contributed by atoms with Crippen molar-refractivity contribution in [2.75, 3.05) is 13.1 Å². The van der Waals surface area contributed by atoms with E-state index < -0.39 is 0 Å². The first-order valence-corrected chi connectivity index (χ1v) is 6.88. The molecule has 16 heavy (non-hydrogen) atoms. The molecule has 1 aliphatic heterocycles. The molecule has 1 spiro atoms. The predicted octanol–water partition coefficient (Wildman–Crippen LogP) is 3.69. The molecule has 1 heteroatoms. The lowest BCUT2D eigenvalue weighted by atomic mass is 9.57. The number of hydrogen-bond acceptors (Lipinski definition) is 1. The van der Waals surface area contributed by atoms with E-state index in [2.05, 4.69) is 46.9 Å². The minimum absolute atomic E-state index is 0.432. The molecule has 0 radical (unpaired) electrons. The highest BCUT2D eigenvalue weighted by atomic mass is 14.9. The Labute approximate surface area is 101 Å². The van der Waals surface area contributed by atoms with Gasteiger partial charge in [0.15, 0.2) is 0 Å². The topological polar surface area (TPSA) is 12.0 Å². The summed E-state index contributed by atoms with van der Waals surface area (Å²) in [4.78, 5) is 0. The molecule has 1 saturated heterocycles. The van der Waals surface area contributed by atoms with Gasteiger partial charge >= 0.3 is 0 Å². The molecule has 2 atom stereocenters. The first kappa shape index (κ1) is 12.4. The zero-order valence-electron chi connectivity index (χ0n) is 12.0. The molecular weight excluding hydrogens is 194 g/mol. The monoisotopic (exact) mass is 223 g/mol.